The van der Waals surface area contributed by atoms with Gasteiger partial charge in [0, 0.05) is 30.1 Å². The second kappa shape index (κ2) is 10.4. The van der Waals surface area contributed by atoms with Gasteiger partial charge < -0.3 is 5.11 Å². The quantitative estimate of drug-likeness (QED) is 0.399. The lowest BCUT2D eigenvalue weighted by Crippen LogP contribution is -2.37. The minimum Gasteiger partial charge on any atom is -0.481 e. The second-order valence-electron chi connectivity index (χ2n) is 8.99. The van der Waals surface area contributed by atoms with Gasteiger partial charge in [-0.05, 0) is 48.6 Å². The average Bonchev–Trinajstić information content (AvgIpc) is 2.85. The Labute approximate surface area is 202 Å². The van der Waals surface area contributed by atoms with Gasteiger partial charge in [-0.15, -0.1) is 0 Å². The highest BCUT2D eigenvalue weighted by atomic mass is 19.4. The number of piperidine rings is 1. The van der Waals surface area contributed by atoms with E-state index < -0.39 is 17.7 Å². The van der Waals surface area contributed by atoms with Crippen LogP contribution in [0.5, 0.6) is 0 Å². The van der Waals surface area contributed by atoms with Crippen LogP contribution in [0.3, 0.4) is 0 Å². The molecule has 0 radical (unpaired) electrons. The molecule has 1 aliphatic heterocycles. The summed E-state index contributed by atoms with van der Waals surface area (Å²) in [6.07, 6.45) is -3.10. The van der Waals surface area contributed by atoms with Crippen LogP contribution < -0.4 is 0 Å². The molecule has 4 rings (SSSR count). The van der Waals surface area contributed by atoms with Crippen molar-refractivity contribution in [3.8, 4) is 0 Å². The Morgan fingerprint density at radius 3 is 2.11 bits per heavy atom. The maximum Gasteiger partial charge on any atom is 0.416 e. The number of hydrogen-bond acceptors (Lipinski definition) is 3. The molecule has 2 atom stereocenters. The summed E-state index contributed by atoms with van der Waals surface area (Å²) in [4.78, 5) is 26.1. The summed E-state index contributed by atoms with van der Waals surface area (Å²) in [5.74, 6) is -0.968. The van der Waals surface area contributed by atoms with Crippen molar-refractivity contribution in [3.05, 3.63) is 107 Å². The van der Waals surface area contributed by atoms with Crippen LogP contribution in [0.2, 0.25) is 0 Å². The fraction of sp³-hybridized carbons (Fsp3) is 0.286. The molecule has 0 bridgehead atoms. The number of alkyl halides is 3. The van der Waals surface area contributed by atoms with Gasteiger partial charge in [0.2, 0.25) is 0 Å². The summed E-state index contributed by atoms with van der Waals surface area (Å²) in [7, 11) is 0. The molecule has 7 heteroatoms. The normalized spacial score (nSPS) is 18.8. The zero-order valence-corrected chi connectivity index (χ0v) is 19.0. The van der Waals surface area contributed by atoms with Crippen LogP contribution in [0.25, 0.3) is 0 Å². The zero-order chi connectivity index (χ0) is 25.0. The number of nitrogens with zero attached hydrogens (tertiary/aromatic N) is 1. The second-order valence-corrected chi connectivity index (χ2v) is 8.99. The summed E-state index contributed by atoms with van der Waals surface area (Å²) in [5, 5.41) is 9.24. The monoisotopic (exact) mass is 481 g/mol. The Hall–Kier alpha value is -3.45. The zero-order valence-electron chi connectivity index (χ0n) is 19.0. The van der Waals surface area contributed by atoms with Crippen LogP contribution >= 0.6 is 0 Å². The summed E-state index contributed by atoms with van der Waals surface area (Å²) < 4.78 is 39.1. The van der Waals surface area contributed by atoms with Crippen molar-refractivity contribution < 1.29 is 27.9 Å². The van der Waals surface area contributed by atoms with Gasteiger partial charge in [-0.1, -0.05) is 66.7 Å². The van der Waals surface area contributed by atoms with Crippen molar-refractivity contribution >= 4 is 11.8 Å². The van der Waals surface area contributed by atoms with E-state index in [0.29, 0.717) is 37.1 Å². The molecule has 1 N–H and O–H groups in total. The predicted octanol–water partition coefficient (Wildman–Crippen LogP) is 6.36. The maximum atomic E-state index is 13.0. The molecule has 0 aromatic heterocycles. The first kappa shape index (κ1) is 24.7. The molecule has 1 aliphatic rings. The lowest BCUT2D eigenvalue weighted by Gasteiger charge is -2.39. The van der Waals surface area contributed by atoms with Crippen LogP contribution in [-0.2, 0) is 17.5 Å². The molecule has 0 saturated carbocycles. The van der Waals surface area contributed by atoms with E-state index in [1.807, 2.05) is 30.3 Å². The largest absolute Gasteiger partial charge is 0.481 e. The number of rotatable bonds is 7. The van der Waals surface area contributed by atoms with Gasteiger partial charge in [0.1, 0.15) is 0 Å². The van der Waals surface area contributed by atoms with Crippen LogP contribution in [0.1, 0.15) is 57.9 Å². The van der Waals surface area contributed by atoms with E-state index in [4.69, 9.17) is 0 Å². The average molecular weight is 482 g/mol. The number of benzene rings is 3. The first-order chi connectivity index (χ1) is 16.7. The highest BCUT2D eigenvalue weighted by molar-refractivity contribution is 6.08. The van der Waals surface area contributed by atoms with Gasteiger partial charge in [0.15, 0.2) is 5.78 Å². The molecule has 0 amide bonds. The van der Waals surface area contributed by atoms with E-state index in [2.05, 4.69) is 4.90 Å². The standard InChI is InChI=1S/C28H26F3NO3/c29-28(30,31)24-12-10-21(11-13-24)25-16-20(17-26(33)34)14-15-32(25)18-19-6-8-23(9-7-19)27(35)22-4-2-1-3-5-22/h1-13,20,25H,14-18H2,(H,33,34). The van der Waals surface area contributed by atoms with Crippen molar-refractivity contribution in [1.82, 2.24) is 4.90 Å². The van der Waals surface area contributed by atoms with Crippen molar-refractivity contribution in [3.63, 3.8) is 0 Å². The van der Waals surface area contributed by atoms with Crippen LogP contribution in [-0.4, -0.2) is 28.3 Å². The Morgan fingerprint density at radius 2 is 1.51 bits per heavy atom. The van der Waals surface area contributed by atoms with Gasteiger partial charge in [0.25, 0.3) is 0 Å². The van der Waals surface area contributed by atoms with Gasteiger partial charge in [-0.25, -0.2) is 0 Å². The van der Waals surface area contributed by atoms with Gasteiger partial charge >= 0.3 is 12.1 Å². The molecular formula is C28H26F3NO3. The van der Waals surface area contributed by atoms with E-state index in [1.54, 1.807) is 24.3 Å². The summed E-state index contributed by atoms with van der Waals surface area (Å²) in [5.41, 5.74) is 2.21. The van der Waals surface area contributed by atoms with Crippen molar-refractivity contribution in [2.24, 2.45) is 5.92 Å². The number of carbonyl (C=O) groups is 2. The molecule has 182 valence electrons. The van der Waals surface area contributed by atoms with Gasteiger partial charge in [0.05, 0.1) is 5.56 Å². The third-order valence-electron chi connectivity index (χ3n) is 6.55. The molecule has 1 heterocycles. The number of carboxylic acid groups (broad SMARTS) is 1. The molecular weight excluding hydrogens is 455 g/mol. The van der Waals surface area contributed by atoms with Crippen molar-refractivity contribution in [1.29, 1.82) is 0 Å². The van der Waals surface area contributed by atoms with E-state index in [0.717, 1.165) is 23.3 Å². The molecule has 1 fully saturated rings. The van der Waals surface area contributed by atoms with Gasteiger partial charge in [-0.3, -0.25) is 14.5 Å². The number of ketones is 1. The third kappa shape index (κ3) is 6.17. The first-order valence-corrected chi connectivity index (χ1v) is 11.5. The molecule has 1 saturated heterocycles. The molecule has 4 nitrogen and oxygen atoms in total. The Balaban J connectivity index is 1.52. The molecule has 0 spiro atoms. The third-order valence-corrected chi connectivity index (χ3v) is 6.55. The minimum atomic E-state index is -4.41. The predicted molar refractivity (Wildman–Crippen MR) is 126 cm³/mol. The fourth-order valence-corrected chi connectivity index (χ4v) is 4.70. The maximum absolute atomic E-state index is 13.0. The summed E-state index contributed by atoms with van der Waals surface area (Å²) in [6.45, 7) is 1.18. The molecule has 0 aliphatic carbocycles. The lowest BCUT2D eigenvalue weighted by atomic mass is 9.84. The van der Waals surface area contributed by atoms with Crippen LogP contribution in [0.15, 0.2) is 78.9 Å². The Bertz CT molecular complexity index is 1160. The summed E-state index contributed by atoms with van der Waals surface area (Å²) in [6, 6.07) is 21.3. The minimum absolute atomic E-state index is 0.0399. The van der Waals surface area contributed by atoms with Crippen molar-refractivity contribution in [2.75, 3.05) is 6.54 Å². The summed E-state index contributed by atoms with van der Waals surface area (Å²) >= 11 is 0. The first-order valence-electron chi connectivity index (χ1n) is 11.5. The van der Waals surface area contributed by atoms with Gasteiger partial charge in [-0.2, -0.15) is 13.2 Å². The smallest absolute Gasteiger partial charge is 0.416 e. The fourth-order valence-electron chi connectivity index (χ4n) is 4.70. The molecule has 35 heavy (non-hydrogen) atoms. The highest BCUT2D eigenvalue weighted by Gasteiger charge is 2.33. The Morgan fingerprint density at radius 1 is 0.886 bits per heavy atom. The number of aliphatic carboxylic acids is 1. The Kier molecular flexibility index (Phi) is 7.36. The number of carbonyl (C=O) groups excluding carboxylic acids is 1. The number of carboxylic acids is 1. The molecule has 2 unspecified atom stereocenters. The van der Waals surface area contributed by atoms with E-state index in [-0.39, 0.29) is 24.2 Å². The number of likely N-dealkylation sites (tertiary alicyclic amines) is 1. The SMILES string of the molecule is O=C(O)CC1CCN(Cc2ccc(C(=O)c3ccccc3)cc2)C(c2ccc(C(F)(F)F)cc2)C1. The topological polar surface area (TPSA) is 57.6 Å². The number of hydrogen-bond donors (Lipinski definition) is 1. The van der Waals surface area contributed by atoms with E-state index in [9.17, 15) is 27.9 Å². The van der Waals surface area contributed by atoms with Crippen LogP contribution in [0.4, 0.5) is 13.2 Å². The van der Waals surface area contributed by atoms with Crippen molar-refractivity contribution in [2.45, 2.75) is 38.0 Å². The lowest BCUT2D eigenvalue weighted by molar-refractivity contribution is -0.139. The molecule has 3 aromatic rings. The number of halogens is 3. The highest BCUT2D eigenvalue weighted by Crippen LogP contribution is 2.38. The molecule has 3 aromatic carbocycles. The van der Waals surface area contributed by atoms with E-state index in [1.165, 1.54) is 12.1 Å². The van der Waals surface area contributed by atoms with Crippen LogP contribution in [0, 0.1) is 5.92 Å². The van der Waals surface area contributed by atoms with E-state index >= 15 is 0 Å².